The summed E-state index contributed by atoms with van der Waals surface area (Å²) in [4.78, 5) is 1.000. The predicted octanol–water partition coefficient (Wildman–Crippen LogP) is 5.49. The summed E-state index contributed by atoms with van der Waals surface area (Å²) in [5.74, 6) is 0.337. The third kappa shape index (κ3) is 2.43. The highest BCUT2D eigenvalue weighted by atomic mass is 79.9. The Morgan fingerprint density at radius 2 is 1.90 bits per heavy atom. The molecule has 0 aliphatic rings. The van der Waals surface area contributed by atoms with Gasteiger partial charge in [0.2, 0.25) is 5.88 Å². The maximum Gasteiger partial charge on any atom is 0.230 e. The number of anilines is 1. The number of nitrogens with zero attached hydrogens (tertiary/aromatic N) is 1. The van der Waals surface area contributed by atoms with E-state index in [0.717, 1.165) is 30.0 Å². The summed E-state index contributed by atoms with van der Waals surface area (Å²) < 4.78 is 7.20. The molecule has 20 heavy (non-hydrogen) atoms. The molecule has 3 nitrogen and oxygen atoms in total. The molecule has 0 atom stereocenters. The van der Waals surface area contributed by atoms with E-state index in [-0.39, 0.29) is 0 Å². The summed E-state index contributed by atoms with van der Waals surface area (Å²) in [5, 5.41) is 4.11. The topological polar surface area (TPSA) is 52.0 Å². The molecule has 1 aromatic carbocycles. The summed E-state index contributed by atoms with van der Waals surface area (Å²) in [5.41, 5.74) is 9.76. The molecule has 0 aliphatic carbocycles. The van der Waals surface area contributed by atoms with Crippen molar-refractivity contribution >= 4 is 49.1 Å². The first-order chi connectivity index (χ1) is 9.56. The van der Waals surface area contributed by atoms with E-state index in [1.54, 1.807) is 11.3 Å². The highest BCUT2D eigenvalue weighted by Crippen LogP contribution is 2.43. The molecule has 0 amide bonds. The van der Waals surface area contributed by atoms with E-state index >= 15 is 0 Å². The fourth-order valence-electron chi connectivity index (χ4n) is 1.93. The largest absolute Gasteiger partial charge is 0.367 e. The van der Waals surface area contributed by atoms with E-state index in [0.29, 0.717) is 5.88 Å². The summed E-state index contributed by atoms with van der Waals surface area (Å²) in [6, 6.07) is 10.2. The van der Waals surface area contributed by atoms with Crippen LogP contribution in [-0.4, -0.2) is 5.16 Å². The van der Waals surface area contributed by atoms with E-state index in [2.05, 4.69) is 43.9 Å². The average Bonchev–Trinajstić information content (AvgIpc) is 2.95. The first-order valence-electron chi connectivity index (χ1n) is 5.83. The number of thiophene rings is 1. The monoisotopic (exact) mass is 412 g/mol. The van der Waals surface area contributed by atoms with Crippen molar-refractivity contribution < 1.29 is 4.52 Å². The summed E-state index contributed by atoms with van der Waals surface area (Å²) in [7, 11) is 0. The van der Waals surface area contributed by atoms with Crippen molar-refractivity contribution in [2.75, 3.05) is 5.73 Å². The Labute approximate surface area is 137 Å². The van der Waals surface area contributed by atoms with E-state index in [4.69, 9.17) is 10.3 Å². The molecule has 0 saturated carbocycles. The van der Waals surface area contributed by atoms with Gasteiger partial charge >= 0.3 is 0 Å². The van der Waals surface area contributed by atoms with Gasteiger partial charge in [0.15, 0.2) is 0 Å². The number of hydrogen-bond donors (Lipinski definition) is 1. The Morgan fingerprint density at radius 3 is 2.50 bits per heavy atom. The number of rotatable bonds is 2. The first-order valence-corrected chi connectivity index (χ1v) is 8.24. The van der Waals surface area contributed by atoms with Crippen LogP contribution in [0.2, 0.25) is 0 Å². The normalized spacial score (nSPS) is 10.9. The minimum atomic E-state index is 0.337. The molecular weight excluding hydrogens is 404 g/mol. The second-order valence-corrected chi connectivity index (χ2v) is 7.59. The highest BCUT2D eigenvalue weighted by molar-refractivity contribution is 9.13. The zero-order valence-corrected chi connectivity index (χ0v) is 14.5. The van der Waals surface area contributed by atoms with Gasteiger partial charge in [-0.2, -0.15) is 0 Å². The Bertz CT molecular complexity index is 743. The molecule has 0 spiro atoms. The van der Waals surface area contributed by atoms with Crippen LogP contribution in [0.15, 0.2) is 43.1 Å². The smallest absolute Gasteiger partial charge is 0.230 e. The second kappa shape index (κ2) is 5.35. The summed E-state index contributed by atoms with van der Waals surface area (Å²) in [6.07, 6.45) is 0. The molecule has 0 bridgehead atoms. The number of aromatic nitrogens is 1. The molecule has 0 fully saturated rings. The molecule has 0 aliphatic heterocycles. The Balaban J connectivity index is 2.16. The van der Waals surface area contributed by atoms with Crippen LogP contribution in [-0.2, 0) is 0 Å². The number of nitrogen functional groups attached to an aromatic ring is 1. The number of aryl methyl sites for hydroxylation is 1. The third-order valence-corrected chi connectivity index (χ3v) is 6.20. The van der Waals surface area contributed by atoms with Crippen molar-refractivity contribution in [1.82, 2.24) is 5.16 Å². The van der Waals surface area contributed by atoms with Gasteiger partial charge in [-0.15, -0.1) is 11.3 Å². The van der Waals surface area contributed by atoms with Crippen LogP contribution in [0.4, 0.5) is 5.88 Å². The second-order valence-electron chi connectivity index (χ2n) is 4.37. The lowest BCUT2D eigenvalue weighted by Crippen LogP contribution is -1.87. The fourth-order valence-corrected chi connectivity index (χ4v) is 3.96. The van der Waals surface area contributed by atoms with E-state index in [1.165, 1.54) is 5.56 Å². The van der Waals surface area contributed by atoms with Gasteiger partial charge < -0.3 is 10.3 Å². The molecule has 0 saturated heterocycles. The molecule has 0 unspecified atom stereocenters. The van der Waals surface area contributed by atoms with Gasteiger partial charge in [-0.05, 0) is 50.4 Å². The van der Waals surface area contributed by atoms with Crippen LogP contribution in [0.25, 0.3) is 21.7 Å². The van der Waals surface area contributed by atoms with Crippen LogP contribution in [0.5, 0.6) is 0 Å². The Hall–Kier alpha value is -1.11. The zero-order chi connectivity index (χ0) is 14.3. The maximum atomic E-state index is 5.95. The minimum absolute atomic E-state index is 0.337. The molecule has 6 heteroatoms. The SMILES string of the molecule is Cc1ccc(-c2c(-c3cc(Br)c(Br)s3)noc2N)cc1. The number of nitrogens with two attached hydrogens (primary N) is 1. The van der Waals surface area contributed by atoms with Crippen LogP contribution in [0.1, 0.15) is 5.56 Å². The number of halogens is 2. The van der Waals surface area contributed by atoms with Gasteiger partial charge in [0.25, 0.3) is 0 Å². The lowest BCUT2D eigenvalue weighted by Gasteiger charge is -2.01. The number of benzene rings is 1. The van der Waals surface area contributed by atoms with Gasteiger partial charge in [-0.1, -0.05) is 35.0 Å². The minimum Gasteiger partial charge on any atom is -0.367 e. The lowest BCUT2D eigenvalue weighted by molar-refractivity contribution is 0.439. The molecule has 0 radical (unpaired) electrons. The molecule has 2 aromatic heterocycles. The maximum absolute atomic E-state index is 5.95. The summed E-state index contributed by atoms with van der Waals surface area (Å²) in [6.45, 7) is 2.05. The number of hydrogen-bond acceptors (Lipinski definition) is 4. The highest BCUT2D eigenvalue weighted by Gasteiger charge is 2.19. The van der Waals surface area contributed by atoms with Crippen molar-refractivity contribution in [2.45, 2.75) is 6.92 Å². The van der Waals surface area contributed by atoms with Gasteiger partial charge in [0, 0.05) is 4.47 Å². The average molecular weight is 414 g/mol. The van der Waals surface area contributed by atoms with E-state index in [9.17, 15) is 0 Å². The Morgan fingerprint density at radius 1 is 1.20 bits per heavy atom. The molecule has 102 valence electrons. The van der Waals surface area contributed by atoms with E-state index < -0.39 is 0 Å². The third-order valence-electron chi connectivity index (χ3n) is 2.94. The van der Waals surface area contributed by atoms with Crippen molar-refractivity contribution in [2.24, 2.45) is 0 Å². The van der Waals surface area contributed by atoms with Gasteiger partial charge in [0.1, 0.15) is 5.69 Å². The van der Waals surface area contributed by atoms with Crippen molar-refractivity contribution in [3.05, 3.63) is 44.2 Å². The standard InChI is InChI=1S/C14H10Br2N2OS/c1-7-2-4-8(5-3-7)11-12(18-19-14(11)17)10-6-9(15)13(16)20-10/h2-6H,17H2,1H3. The fraction of sp³-hybridized carbons (Fsp3) is 0.0714. The van der Waals surface area contributed by atoms with Crippen LogP contribution < -0.4 is 5.73 Å². The van der Waals surface area contributed by atoms with Gasteiger partial charge in [0.05, 0.1) is 14.2 Å². The van der Waals surface area contributed by atoms with Crippen LogP contribution in [0, 0.1) is 6.92 Å². The Kier molecular flexibility index (Phi) is 3.70. The van der Waals surface area contributed by atoms with Crippen molar-refractivity contribution in [3.8, 4) is 21.7 Å². The van der Waals surface area contributed by atoms with Crippen molar-refractivity contribution in [1.29, 1.82) is 0 Å². The lowest BCUT2D eigenvalue weighted by atomic mass is 10.0. The predicted molar refractivity (Wildman–Crippen MR) is 89.8 cm³/mol. The molecule has 2 heterocycles. The molecular formula is C14H10Br2N2OS. The van der Waals surface area contributed by atoms with Crippen LogP contribution >= 0.6 is 43.2 Å². The quantitative estimate of drug-likeness (QED) is 0.604. The van der Waals surface area contributed by atoms with E-state index in [1.807, 2.05) is 30.3 Å². The first kappa shape index (κ1) is 13.9. The molecule has 2 N–H and O–H groups in total. The molecule has 3 aromatic rings. The van der Waals surface area contributed by atoms with Crippen LogP contribution in [0.3, 0.4) is 0 Å². The zero-order valence-electron chi connectivity index (χ0n) is 10.5. The summed E-state index contributed by atoms with van der Waals surface area (Å²) >= 11 is 8.56. The van der Waals surface area contributed by atoms with Gasteiger partial charge in [-0.25, -0.2) is 0 Å². The van der Waals surface area contributed by atoms with Crippen molar-refractivity contribution in [3.63, 3.8) is 0 Å². The molecule has 3 rings (SSSR count). The van der Waals surface area contributed by atoms with Gasteiger partial charge in [-0.3, -0.25) is 0 Å².